The number of nitrogens with zero attached hydrogens (tertiary/aromatic N) is 2. The molecule has 0 unspecified atom stereocenters. The van der Waals surface area contributed by atoms with Gasteiger partial charge >= 0.3 is 11.7 Å². The number of ether oxygens (including phenoxy) is 1. The average Bonchev–Trinajstić information content (AvgIpc) is 3.03. The predicted molar refractivity (Wildman–Crippen MR) is 94.7 cm³/mol. The van der Waals surface area contributed by atoms with Crippen LogP contribution < -0.4 is 4.74 Å². The monoisotopic (exact) mass is 372 g/mol. The summed E-state index contributed by atoms with van der Waals surface area (Å²) in [6.07, 6.45) is -0.171. The first-order chi connectivity index (χ1) is 12.4. The van der Waals surface area contributed by atoms with Crippen LogP contribution in [0, 0.1) is 22.9 Å². The van der Waals surface area contributed by atoms with Crippen LogP contribution in [0.5, 0.6) is 5.75 Å². The molecule has 0 aliphatic rings. The lowest BCUT2D eigenvalue weighted by atomic mass is 10.2. The molecule has 132 valence electrons. The van der Waals surface area contributed by atoms with Gasteiger partial charge in [-0.1, -0.05) is 29.8 Å². The zero-order chi connectivity index (χ0) is 18.7. The van der Waals surface area contributed by atoms with E-state index in [2.05, 4.69) is 4.98 Å². The summed E-state index contributed by atoms with van der Waals surface area (Å²) in [4.78, 5) is 26.6. The summed E-state index contributed by atoms with van der Waals surface area (Å²) in [5.41, 5.74) is 2.07. The summed E-state index contributed by atoms with van der Waals surface area (Å²) in [6, 6.07) is 10.5. The number of thiazole rings is 1. The van der Waals surface area contributed by atoms with E-state index >= 15 is 0 Å². The van der Waals surface area contributed by atoms with Crippen molar-refractivity contribution in [1.82, 2.24) is 4.98 Å². The zero-order valence-corrected chi connectivity index (χ0v) is 14.5. The average molecular weight is 372 g/mol. The molecule has 8 heteroatoms. The minimum absolute atomic E-state index is 0.171. The fourth-order valence-corrected chi connectivity index (χ4v) is 3.07. The van der Waals surface area contributed by atoms with Gasteiger partial charge in [-0.3, -0.25) is 14.9 Å². The summed E-state index contributed by atoms with van der Waals surface area (Å²) in [5.74, 6) is -1.90. The lowest BCUT2D eigenvalue weighted by Gasteiger charge is -2.04. The van der Waals surface area contributed by atoms with E-state index in [-0.39, 0.29) is 6.42 Å². The van der Waals surface area contributed by atoms with E-state index in [1.807, 2.05) is 31.2 Å². The molecule has 26 heavy (non-hydrogen) atoms. The Kier molecular flexibility index (Phi) is 5.04. The quantitative estimate of drug-likeness (QED) is 0.288. The Labute approximate surface area is 152 Å². The lowest BCUT2D eigenvalue weighted by molar-refractivity contribution is -0.385. The van der Waals surface area contributed by atoms with Gasteiger partial charge in [0.15, 0.2) is 0 Å². The Balaban J connectivity index is 1.72. The number of carbonyl (C=O) groups is 1. The second kappa shape index (κ2) is 7.40. The van der Waals surface area contributed by atoms with E-state index < -0.39 is 28.1 Å². The molecule has 0 amide bonds. The highest BCUT2D eigenvalue weighted by atomic mass is 32.1. The number of carbonyl (C=O) groups excluding carboxylic acids is 1. The van der Waals surface area contributed by atoms with Crippen molar-refractivity contribution >= 4 is 23.0 Å². The minimum atomic E-state index is -0.751. The normalized spacial score (nSPS) is 10.5. The number of aromatic nitrogens is 1. The zero-order valence-electron chi connectivity index (χ0n) is 13.6. The van der Waals surface area contributed by atoms with Crippen LogP contribution >= 0.6 is 11.3 Å². The van der Waals surface area contributed by atoms with Gasteiger partial charge < -0.3 is 4.74 Å². The summed E-state index contributed by atoms with van der Waals surface area (Å²) in [6.45, 7) is 1.98. The van der Waals surface area contributed by atoms with Gasteiger partial charge in [-0.05, 0) is 13.0 Å². The van der Waals surface area contributed by atoms with Crippen molar-refractivity contribution in [2.45, 2.75) is 13.3 Å². The Bertz CT molecular complexity index is 970. The van der Waals surface area contributed by atoms with E-state index in [0.717, 1.165) is 34.3 Å². The van der Waals surface area contributed by atoms with Crippen LogP contribution in [0.3, 0.4) is 0 Å². The number of benzene rings is 2. The topological polar surface area (TPSA) is 82.3 Å². The predicted octanol–water partition coefficient (Wildman–Crippen LogP) is 4.31. The lowest BCUT2D eigenvalue weighted by Crippen LogP contribution is -2.12. The Hall–Kier alpha value is -3.13. The standard InChI is InChI=1S/C18H13FN2O4S/c1-11-2-4-12(5-3-11)18-20-14(10-26-18)9-17(22)25-16-8-13(19)6-7-15(16)21(23)24/h2-8,10H,9H2,1H3. The summed E-state index contributed by atoms with van der Waals surface area (Å²) in [7, 11) is 0. The molecule has 3 aromatic rings. The Morgan fingerprint density at radius 3 is 2.69 bits per heavy atom. The highest BCUT2D eigenvalue weighted by Crippen LogP contribution is 2.28. The molecule has 0 aliphatic heterocycles. The van der Waals surface area contributed by atoms with Gasteiger partial charge in [-0.15, -0.1) is 11.3 Å². The third kappa shape index (κ3) is 4.09. The van der Waals surface area contributed by atoms with Crippen LogP contribution in [0.2, 0.25) is 0 Å². The molecular weight excluding hydrogens is 359 g/mol. The highest BCUT2D eigenvalue weighted by molar-refractivity contribution is 7.13. The smallest absolute Gasteiger partial charge is 0.317 e. The van der Waals surface area contributed by atoms with E-state index in [0.29, 0.717) is 5.69 Å². The van der Waals surface area contributed by atoms with Crippen LogP contribution in [0.15, 0.2) is 47.8 Å². The number of halogens is 1. The van der Waals surface area contributed by atoms with E-state index in [9.17, 15) is 19.3 Å². The highest BCUT2D eigenvalue weighted by Gasteiger charge is 2.20. The van der Waals surface area contributed by atoms with E-state index in [1.54, 1.807) is 5.38 Å². The third-order valence-corrected chi connectivity index (χ3v) is 4.46. The maximum atomic E-state index is 13.3. The van der Waals surface area contributed by atoms with Crippen LogP contribution in [-0.2, 0) is 11.2 Å². The summed E-state index contributed by atoms with van der Waals surface area (Å²) >= 11 is 1.38. The third-order valence-electron chi connectivity index (χ3n) is 3.52. The van der Waals surface area contributed by atoms with Gasteiger partial charge in [0.25, 0.3) is 0 Å². The fraction of sp³-hybridized carbons (Fsp3) is 0.111. The number of esters is 1. The largest absolute Gasteiger partial charge is 0.419 e. The minimum Gasteiger partial charge on any atom is -0.419 e. The number of hydrogen-bond acceptors (Lipinski definition) is 6. The first-order valence-electron chi connectivity index (χ1n) is 7.58. The fourth-order valence-electron chi connectivity index (χ4n) is 2.24. The van der Waals surface area contributed by atoms with Crippen LogP contribution in [-0.4, -0.2) is 15.9 Å². The molecule has 0 bridgehead atoms. The SMILES string of the molecule is Cc1ccc(-c2nc(CC(=O)Oc3cc(F)ccc3[N+](=O)[O-])cs2)cc1. The molecule has 2 aromatic carbocycles. The maximum absolute atomic E-state index is 13.3. The number of nitro benzene ring substituents is 1. The first kappa shape index (κ1) is 17.7. The molecule has 1 heterocycles. The Morgan fingerprint density at radius 1 is 1.27 bits per heavy atom. The van der Waals surface area contributed by atoms with Crippen molar-refractivity contribution in [2.24, 2.45) is 0 Å². The molecule has 1 aromatic heterocycles. The molecule has 0 N–H and O–H groups in total. The molecule has 0 aliphatic carbocycles. The van der Waals surface area contributed by atoms with Crippen molar-refractivity contribution in [3.8, 4) is 16.3 Å². The van der Waals surface area contributed by atoms with Crippen LogP contribution in [0.1, 0.15) is 11.3 Å². The number of nitro groups is 1. The van der Waals surface area contributed by atoms with Gasteiger partial charge in [-0.25, -0.2) is 9.37 Å². The second-order valence-corrected chi connectivity index (χ2v) is 6.39. The van der Waals surface area contributed by atoms with Gasteiger partial charge in [0.2, 0.25) is 5.75 Å². The van der Waals surface area contributed by atoms with Crippen molar-refractivity contribution in [1.29, 1.82) is 0 Å². The number of hydrogen-bond donors (Lipinski definition) is 0. The van der Waals surface area contributed by atoms with Gasteiger partial charge in [0.1, 0.15) is 10.8 Å². The molecule has 0 saturated heterocycles. The molecular formula is C18H13FN2O4S. The van der Waals surface area contributed by atoms with Gasteiger partial charge in [0, 0.05) is 23.1 Å². The van der Waals surface area contributed by atoms with E-state index in [4.69, 9.17) is 4.74 Å². The Morgan fingerprint density at radius 2 is 2.00 bits per heavy atom. The maximum Gasteiger partial charge on any atom is 0.317 e. The first-order valence-corrected chi connectivity index (χ1v) is 8.46. The number of rotatable bonds is 5. The summed E-state index contributed by atoms with van der Waals surface area (Å²) in [5, 5.41) is 13.4. The molecule has 0 spiro atoms. The molecule has 0 fully saturated rings. The molecule has 0 radical (unpaired) electrons. The van der Waals surface area contributed by atoms with E-state index in [1.165, 1.54) is 11.3 Å². The van der Waals surface area contributed by atoms with Crippen LogP contribution in [0.4, 0.5) is 10.1 Å². The van der Waals surface area contributed by atoms with Crippen molar-refractivity contribution < 1.29 is 18.8 Å². The van der Waals surface area contributed by atoms with Crippen molar-refractivity contribution in [3.63, 3.8) is 0 Å². The molecule has 6 nitrogen and oxygen atoms in total. The van der Waals surface area contributed by atoms with Crippen molar-refractivity contribution in [2.75, 3.05) is 0 Å². The molecule has 0 atom stereocenters. The van der Waals surface area contributed by atoms with Gasteiger partial charge in [0.05, 0.1) is 17.0 Å². The second-order valence-electron chi connectivity index (χ2n) is 5.53. The molecule has 0 saturated carbocycles. The number of aryl methyl sites for hydroxylation is 1. The summed E-state index contributed by atoms with van der Waals surface area (Å²) < 4.78 is 18.2. The van der Waals surface area contributed by atoms with Gasteiger partial charge in [-0.2, -0.15) is 0 Å². The van der Waals surface area contributed by atoms with Crippen LogP contribution in [0.25, 0.3) is 10.6 Å². The van der Waals surface area contributed by atoms with Crippen molar-refractivity contribution in [3.05, 3.63) is 75.0 Å². The molecule has 3 rings (SSSR count).